The predicted molar refractivity (Wildman–Crippen MR) is 59.6 cm³/mol. The predicted octanol–water partition coefficient (Wildman–Crippen LogP) is 0.544. The molecule has 0 aliphatic rings. The van der Waals surface area contributed by atoms with Gasteiger partial charge in [-0.15, -0.1) is 0 Å². The summed E-state index contributed by atoms with van der Waals surface area (Å²) in [6.45, 7) is -0.965. The standard InChI is InChI=1S/C11H13NO6/c13-6-9(10(14)15)12(11(16)17)18-7-8-4-2-1-3-5-8/h1-5,9,13H,6-7H2,(H,14,15)(H,16,17)/t9-/m0/s1. The van der Waals surface area contributed by atoms with Crippen molar-refractivity contribution in [3.63, 3.8) is 0 Å². The molecule has 0 aliphatic carbocycles. The molecule has 0 aromatic heterocycles. The molecule has 0 unspecified atom stereocenters. The molecule has 0 radical (unpaired) electrons. The van der Waals surface area contributed by atoms with E-state index in [1.54, 1.807) is 30.3 Å². The Kier molecular flexibility index (Phi) is 5.09. The first-order valence-corrected chi connectivity index (χ1v) is 5.09. The number of aliphatic hydroxyl groups is 1. The number of hydroxylamine groups is 2. The molecular formula is C11H13NO6. The highest BCUT2D eigenvalue weighted by atomic mass is 16.7. The fourth-order valence-electron chi connectivity index (χ4n) is 1.25. The van der Waals surface area contributed by atoms with E-state index >= 15 is 0 Å². The summed E-state index contributed by atoms with van der Waals surface area (Å²) in [5.41, 5.74) is 0.686. The van der Waals surface area contributed by atoms with Crippen LogP contribution in [0.2, 0.25) is 0 Å². The van der Waals surface area contributed by atoms with Crippen molar-refractivity contribution in [1.29, 1.82) is 0 Å². The molecule has 0 heterocycles. The molecule has 0 saturated carbocycles. The first-order chi connectivity index (χ1) is 8.56. The van der Waals surface area contributed by atoms with Gasteiger partial charge in [0, 0.05) is 0 Å². The number of amides is 1. The van der Waals surface area contributed by atoms with E-state index < -0.39 is 24.7 Å². The molecule has 98 valence electrons. The molecule has 7 heteroatoms. The lowest BCUT2D eigenvalue weighted by Gasteiger charge is -2.23. The molecule has 3 N–H and O–H groups in total. The minimum Gasteiger partial charge on any atom is -0.480 e. The van der Waals surface area contributed by atoms with Crippen molar-refractivity contribution in [3.05, 3.63) is 35.9 Å². The number of benzene rings is 1. The third-order valence-electron chi connectivity index (χ3n) is 2.14. The molecular weight excluding hydrogens is 242 g/mol. The summed E-state index contributed by atoms with van der Waals surface area (Å²) in [4.78, 5) is 26.5. The number of rotatable bonds is 6. The fraction of sp³-hybridized carbons (Fsp3) is 0.273. The molecule has 1 amide bonds. The van der Waals surface area contributed by atoms with Gasteiger partial charge in [0.2, 0.25) is 0 Å². The van der Waals surface area contributed by atoms with E-state index in [9.17, 15) is 9.59 Å². The molecule has 0 aliphatic heterocycles. The van der Waals surface area contributed by atoms with Crippen molar-refractivity contribution in [3.8, 4) is 0 Å². The largest absolute Gasteiger partial charge is 0.480 e. The van der Waals surface area contributed by atoms with E-state index in [1.165, 1.54) is 0 Å². The number of carboxylic acids is 1. The minimum absolute atomic E-state index is 0.100. The van der Waals surface area contributed by atoms with Crippen LogP contribution in [0, 0.1) is 0 Å². The lowest BCUT2D eigenvalue weighted by molar-refractivity contribution is -0.190. The minimum atomic E-state index is -1.65. The Balaban J connectivity index is 2.69. The van der Waals surface area contributed by atoms with Gasteiger partial charge in [-0.25, -0.2) is 9.59 Å². The molecule has 1 aromatic carbocycles. The van der Waals surface area contributed by atoms with Crippen molar-refractivity contribution in [2.75, 3.05) is 6.61 Å². The Morgan fingerprint density at radius 3 is 2.28 bits per heavy atom. The number of nitrogens with zero attached hydrogens (tertiary/aromatic N) is 1. The summed E-state index contributed by atoms with van der Waals surface area (Å²) in [6.07, 6.45) is -1.58. The summed E-state index contributed by atoms with van der Waals surface area (Å²) in [6, 6.07) is 7.02. The van der Waals surface area contributed by atoms with E-state index in [1.807, 2.05) is 0 Å². The van der Waals surface area contributed by atoms with E-state index in [0.29, 0.717) is 5.56 Å². The zero-order chi connectivity index (χ0) is 13.5. The Labute approximate surface area is 103 Å². The zero-order valence-corrected chi connectivity index (χ0v) is 9.39. The topological polar surface area (TPSA) is 107 Å². The van der Waals surface area contributed by atoms with Crippen molar-refractivity contribution in [1.82, 2.24) is 5.06 Å². The Bertz CT molecular complexity index is 407. The molecule has 0 bridgehead atoms. The van der Waals surface area contributed by atoms with Crippen molar-refractivity contribution in [2.45, 2.75) is 12.6 Å². The summed E-state index contributed by atoms with van der Waals surface area (Å²) in [5, 5.41) is 26.7. The maximum Gasteiger partial charge on any atom is 0.432 e. The van der Waals surface area contributed by atoms with Gasteiger partial charge < -0.3 is 15.3 Å². The second kappa shape index (κ2) is 6.58. The van der Waals surface area contributed by atoms with E-state index in [4.69, 9.17) is 20.2 Å². The molecule has 0 fully saturated rings. The molecule has 18 heavy (non-hydrogen) atoms. The highest BCUT2D eigenvalue weighted by molar-refractivity contribution is 5.78. The lowest BCUT2D eigenvalue weighted by Crippen LogP contribution is -2.46. The second-order valence-corrected chi connectivity index (χ2v) is 3.40. The molecule has 0 saturated heterocycles. The highest BCUT2D eigenvalue weighted by Gasteiger charge is 2.30. The van der Waals surface area contributed by atoms with Crippen molar-refractivity contribution in [2.24, 2.45) is 0 Å². The van der Waals surface area contributed by atoms with Crippen LogP contribution in [0.15, 0.2) is 30.3 Å². The maximum atomic E-state index is 10.9. The number of carbonyl (C=O) groups is 2. The average molecular weight is 255 g/mol. The zero-order valence-electron chi connectivity index (χ0n) is 9.39. The number of carboxylic acid groups (broad SMARTS) is 2. The SMILES string of the molecule is O=C(O)[C@H](CO)N(OCc1ccccc1)C(=O)O. The average Bonchev–Trinajstić information content (AvgIpc) is 2.34. The van der Waals surface area contributed by atoms with Crippen LogP contribution in [0.4, 0.5) is 4.79 Å². The highest BCUT2D eigenvalue weighted by Crippen LogP contribution is 2.07. The molecule has 0 spiro atoms. The lowest BCUT2D eigenvalue weighted by atomic mass is 10.2. The first-order valence-electron chi connectivity index (χ1n) is 5.09. The van der Waals surface area contributed by atoms with Crippen LogP contribution in [0.5, 0.6) is 0 Å². The van der Waals surface area contributed by atoms with Gasteiger partial charge in [0.15, 0.2) is 6.04 Å². The number of hydrogen-bond acceptors (Lipinski definition) is 4. The van der Waals surface area contributed by atoms with E-state index in [0.717, 1.165) is 0 Å². The van der Waals surface area contributed by atoms with Crippen LogP contribution in [-0.2, 0) is 16.2 Å². The van der Waals surface area contributed by atoms with E-state index in [2.05, 4.69) is 0 Å². The Hall–Kier alpha value is -2.12. The van der Waals surface area contributed by atoms with Crippen LogP contribution >= 0.6 is 0 Å². The quantitative estimate of drug-likeness (QED) is 0.640. The van der Waals surface area contributed by atoms with Crippen LogP contribution in [-0.4, -0.2) is 45.1 Å². The third-order valence-corrected chi connectivity index (χ3v) is 2.14. The van der Waals surface area contributed by atoms with Crippen LogP contribution in [0.25, 0.3) is 0 Å². The maximum absolute atomic E-state index is 10.9. The van der Waals surface area contributed by atoms with Gasteiger partial charge in [-0.3, -0.25) is 4.84 Å². The van der Waals surface area contributed by atoms with Gasteiger partial charge in [0.1, 0.15) is 6.61 Å². The van der Waals surface area contributed by atoms with Gasteiger partial charge in [-0.2, -0.15) is 5.06 Å². The number of hydrogen-bond donors (Lipinski definition) is 3. The molecule has 1 rings (SSSR count). The molecule has 1 atom stereocenters. The van der Waals surface area contributed by atoms with Gasteiger partial charge in [-0.05, 0) is 5.56 Å². The molecule has 1 aromatic rings. The van der Waals surface area contributed by atoms with Gasteiger partial charge in [0.05, 0.1) is 6.61 Å². The van der Waals surface area contributed by atoms with Gasteiger partial charge in [0.25, 0.3) is 0 Å². The van der Waals surface area contributed by atoms with Crippen LogP contribution in [0.1, 0.15) is 5.56 Å². The van der Waals surface area contributed by atoms with Crippen LogP contribution < -0.4 is 0 Å². The van der Waals surface area contributed by atoms with Crippen molar-refractivity contribution < 1.29 is 29.7 Å². The molecule has 7 nitrogen and oxygen atoms in total. The normalized spacial score (nSPS) is 11.8. The number of aliphatic carboxylic acids is 1. The third kappa shape index (κ3) is 3.72. The first kappa shape index (κ1) is 13.9. The van der Waals surface area contributed by atoms with Crippen LogP contribution in [0.3, 0.4) is 0 Å². The fourth-order valence-corrected chi connectivity index (χ4v) is 1.25. The Morgan fingerprint density at radius 2 is 1.83 bits per heavy atom. The Morgan fingerprint density at radius 1 is 1.22 bits per heavy atom. The summed E-state index contributed by atoms with van der Waals surface area (Å²) >= 11 is 0. The van der Waals surface area contributed by atoms with Gasteiger partial charge >= 0.3 is 12.1 Å². The summed E-state index contributed by atoms with van der Waals surface area (Å²) < 4.78 is 0. The van der Waals surface area contributed by atoms with Gasteiger partial charge in [-0.1, -0.05) is 30.3 Å². The summed E-state index contributed by atoms with van der Waals surface area (Å²) in [7, 11) is 0. The van der Waals surface area contributed by atoms with Crippen molar-refractivity contribution >= 4 is 12.1 Å². The number of aliphatic hydroxyl groups excluding tert-OH is 1. The van der Waals surface area contributed by atoms with E-state index in [-0.39, 0.29) is 11.7 Å². The monoisotopic (exact) mass is 255 g/mol. The summed E-state index contributed by atoms with van der Waals surface area (Å²) in [5.74, 6) is -1.48. The second-order valence-electron chi connectivity index (χ2n) is 3.40. The smallest absolute Gasteiger partial charge is 0.432 e.